The number of imide groups is 1. The first-order valence-electron chi connectivity index (χ1n) is 7.35. The van der Waals surface area contributed by atoms with Crippen molar-refractivity contribution in [2.75, 3.05) is 0 Å². The van der Waals surface area contributed by atoms with Gasteiger partial charge in [-0.1, -0.05) is 42.5 Å². The number of carbonyl (C=O) groups is 2. The zero-order chi connectivity index (χ0) is 15.5. The molecule has 2 aromatic rings. The lowest BCUT2D eigenvalue weighted by Gasteiger charge is -2.18. The van der Waals surface area contributed by atoms with Crippen LogP contribution in [0.15, 0.2) is 54.6 Å². The highest BCUT2D eigenvalue weighted by Crippen LogP contribution is 2.55. The molecule has 4 heteroatoms. The molecule has 0 aromatic heterocycles. The SMILES string of the molecule is CC1(C)C(c2ccccc2)N1N1C(=O)c2ccccc2C1=O. The van der Waals surface area contributed by atoms with E-state index in [0.717, 1.165) is 5.56 Å². The first-order chi connectivity index (χ1) is 10.5. The first-order valence-corrected chi connectivity index (χ1v) is 7.35. The van der Waals surface area contributed by atoms with E-state index in [9.17, 15) is 9.59 Å². The highest BCUT2D eigenvalue weighted by atomic mass is 16.2. The Labute approximate surface area is 128 Å². The Morgan fingerprint density at radius 2 is 1.32 bits per heavy atom. The largest absolute Gasteiger partial charge is 0.276 e. The molecule has 110 valence electrons. The molecule has 0 radical (unpaired) electrons. The van der Waals surface area contributed by atoms with E-state index in [1.54, 1.807) is 24.3 Å². The van der Waals surface area contributed by atoms with Crippen molar-refractivity contribution in [3.8, 4) is 0 Å². The van der Waals surface area contributed by atoms with Gasteiger partial charge in [0.15, 0.2) is 0 Å². The van der Waals surface area contributed by atoms with Crippen LogP contribution in [0.1, 0.15) is 46.2 Å². The Balaban J connectivity index is 1.73. The molecule has 0 saturated carbocycles. The van der Waals surface area contributed by atoms with Crippen molar-refractivity contribution in [1.29, 1.82) is 0 Å². The van der Waals surface area contributed by atoms with Crippen LogP contribution in [0.2, 0.25) is 0 Å². The molecule has 1 saturated heterocycles. The van der Waals surface area contributed by atoms with E-state index in [4.69, 9.17) is 0 Å². The zero-order valence-corrected chi connectivity index (χ0v) is 12.5. The molecule has 22 heavy (non-hydrogen) atoms. The minimum absolute atomic E-state index is 0.0379. The number of benzene rings is 2. The first kappa shape index (κ1) is 13.2. The third-order valence-corrected chi connectivity index (χ3v) is 4.54. The molecule has 2 aromatic carbocycles. The van der Waals surface area contributed by atoms with E-state index in [1.165, 1.54) is 5.01 Å². The second-order valence-electron chi connectivity index (χ2n) is 6.28. The monoisotopic (exact) mass is 292 g/mol. The summed E-state index contributed by atoms with van der Waals surface area (Å²) in [6, 6.07) is 17.0. The number of hydrazine groups is 1. The predicted octanol–water partition coefficient (Wildman–Crippen LogP) is 3.03. The number of carbonyl (C=O) groups excluding carboxylic acids is 2. The quantitative estimate of drug-likeness (QED) is 0.631. The van der Waals surface area contributed by atoms with Gasteiger partial charge in [-0.25, -0.2) is 5.01 Å². The number of amides is 2. The molecule has 1 fully saturated rings. The van der Waals surface area contributed by atoms with E-state index in [0.29, 0.717) is 11.1 Å². The maximum Gasteiger partial charge on any atom is 0.276 e. The molecule has 2 aliphatic heterocycles. The fraction of sp³-hybridized carbons (Fsp3) is 0.222. The van der Waals surface area contributed by atoms with Crippen molar-refractivity contribution >= 4 is 11.8 Å². The lowest BCUT2D eigenvalue weighted by molar-refractivity contribution is 0.0306. The minimum Gasteiger partial charge on any atom is -0.267 e. The number of hydrogen-bond acceptors (Lipinski definition) is 3. The third-order valence-electron chi connectivity index (χ3n) is 4.54. The van der Waals surface area contributed by atoms with Crippen molar-refractivity contribution in [3.05, 3.63) is 71.3 Å². The molecule has 2 heterocycles. The van der Waals surface area contributed by atoms with Gasteiger partial charge in [0.25, 0.3) is 11.8 Å². The van der Waals surface area contributed by atoms with Gasteiger partial charge < -0.3 is 0 Å². The second kappa shape index (κ2) is 4.27. The van der Waals surface area contributed by atoms with Gasteiger partial charge in [0.2, 0.25) is 0 Å². The standard InChI is InChI=1S/C18H16N2O2/c1-18(2)15(12-8-4-3-5-9-12)20(18)19-16(21)13-10-6-7-11-14(13)17(19)22/h3-11,15H,1-2H3. The molecule has 0 spiro atoms. The Morgan fingerprint density at radius 3 is 1.86 bits per heavy atom. The van der Waals surface area contributed by atoms with Gasteiger partial charge in [-0.15, -0.1) is 0 Å². The van der Waals surface area contributed by atoms with Gasteiger partial charge in [-0.05, 0) is 31.5 Å². The molecule has 2 aliphatic rings. The van der Waals surface area contributed by atoms with Crippen LogP contribution in [0.4, 0.5) is 0 Å². The Hall–Kier alpha value is -2.46. The molecule has 0 N–H and O–H groups in total. The summed E-state index contributed by atoms with van der Waals surface area (Å²) in [5.74, 6) is -0.459. The highest BCUT2D eigenvalue weighted by Gasteiger charge is 2.63. The molecule has 2 atom stereocenters. The summed E-state index contributed by atoms with van der Waals surface area (Å²) >= 11 is 0. The molecule has 4 rings (SSSR count). The molecular formula is C18H16N2O2. The van der Waals surface area contributed by atoms with Gasteiger partial charge >= 0.3 is 0 Å². The molecule has 2 unspecified atom stereocenters. The van der Waals surface area contributed by atoms with E-state index in [1.807, 2.05) is 49.2 Å². The van der Waals surface area contributed by atoms with Gasteiger partial charge in [-0.3, -0.25) is 9.59 Å². The highest BCUT2D eigenvalue weighted by molar-refractivity contribution is 6.21. The molecular weight excluding hydrogens is 276 g/mol. The van der Waals surface area contributed by atoms with Gasteiger partial charge in [0.05, 0.1) is 22.7 Å². The number of nitrogens with zero attached hydrogens (tertiary/aromatic N) is 2. The smallest absolute Gasteiger partial charge is 0.267 e. The maximum atomic E-state index is 12.6. The summed E-state index contributed by atoms with van der Waals surface area (Å²) in [5.41, 5.74) is 1.84. The van der Waals surface area contributed by atoms with E-state index in [2.05, 4.69) is 0 Å². The second-order valence-corrected chi connectivity index (χ2v) is 6.28. The van der Waals surface area contributed by atoms with Crippen LogP contribution in [0, 0.1) is 0 Å². The van der Waals surface area contributed by atoms with Crippen LogP contribution in [0.3, 0.4) is 0 Å². The molecule has 0 aliphatic carbocycles. The number of rotatable bonds is 2. The summed E-state index contributed by atoms with van der Waals surface area (Å²) in [6.45, 7) is 4.10. The molecule has 4 nitrogen and oxygen atoms in total. The lowest BCUT2D eigenvalue weighted by Crippen LogP contribution is -2.38. The van der Waals surface area contributed by atoms with E-state index in [-0.39, 0.29) is 23.4 Å². The maximum absolute atomic E-state index is 12.6. The normalized spacial score (nSPS) is 25.3. The lowest BCUT2D eigenvalue weighted by atomic mass is 10.0. The fourth-order valence-corrected chi connectivity index (χ4v) is 3.40. The minimum atomic E-state index is -0.255. The number of hydrogen-bond donors (Lipinski definition) is 0. The van der Waals surface area contributed by atoms with Crippen LogP contribution >= 0.6 is 0 Å². The molecule has 0 bridgehead atoms. The summed E-state index contributed by atoms with van der Waals surface area (Å²) in [7, 11) is 0. The van der Waals surface area contributed by atoms with Crippen molar-refractivity contribution in [1.82, 2.24) is 10.0 Å². The average Bonchev–Trinajstić information content (AvgIpc) is 3.00. The topological polar surface area (TPSA) is 40.4 Å². The fourth-order valence-electron chi connectivity index (χ4n) is 3.40. The summed E-state index contributed by atoms with van der Waals surface area (Å²) < 4.78 is 0. The van der Waals surface area contributed by atoms with Crippen LogP contribution in [-0.4, -0.2) is 27.4 Å². The predicted molar refractivity (Wildman–Crippen MR) is 82.0 cm³/mol. The van der Waals surface area contributed by atoms with Gasteiger partial charge in [-0.2, -0.15) is 5.01 Å². The zero-order valence-electron chi connectivity index (χ0n) is 12.5. The molecule has 2 amide bonds. The Kier molecular flexibility index (Phi) is 2.57. The number of fused-ring (bicyclic) bond motifs is 1. The Morgan fingerprint density at radius 1 is 0.818 bits per heavy atom. The van der Waals surface area contributed by atoms with Crippen molar-refractivity contribution in [2.45, 2.75) is 25.4 Å². The summed E-state index contributed by atoms with van der Waals surface area (Å²) in [5, 5.41) is 3.19. The van der Waals surface area contributed by atoms with Gasteiger partial charge in [0.1, 0.15) is 0 Å². The average molecular weight is 292 g/mol. The van der Waals surface area contributed by atoms with E-state index >= 15 is 0 Å². The van der Waals surface area contributed by atoms with Crippen molar-refractivity contribution in [2.24, 2.45) is 0 Å². The van der Waals surface area contributed by atoms with Crippen molar-refractivity contribution in [3.63, 3.8) is 0 Å². The van der Waals surface area contributed by atoms with Crippen molar-refractivity contribution < 1.29 is 9.59 Å². The van der Waals surface area contributed by atoms with Crippen LogP contribution in [0.25, 0.3) is 0 Å². The summed E-state index contributed by atoms with van der Waals surface area (Å²) in [4.78, 5) is 25.2. The third kappa shape index (κ3) is 1.61. The van der Waals surface area contributed by atoms with Gasteiger partial charge in [0, 0.05) is 0 Å². The van der Waals surface area contributed by atoms with Crippen LogP contribution in [-0.2, 0) is 0 Å². The van der Waals surface area contributed by atoms with E-state index < -0.39 is 0 Å². The van der Waals surface area contributed by atoms with Crippen LogP contribution in [0.5, 0.6) is 0 Å². The summed E-state index contributed by atoms with van der Waals surface area (Å²) in [6.07, 6.45) is 0. The Bertz CT molecular complexity index is 748. The van der Waals surface area contributed by atoms with Crippen LogP contribution < -0.4 is 0 Å².